The Morgan fingerprint density at radius 2 is 0.591 bits per heavy atom. The molecule has 0 bridgehead atoms. The second kappa shape index (κ2) is 5.83. The molecule has 0 unspecified atom stereocenters. The standard InChI is InChI=1S/4C4H9.C4H4.2Sb/c4*1-4(2)3;1-3-4-2;;/h4*1-3H3;1-4H;;. The summed E-state index contributed by atoms with van der Waals surface area (Å²) in [6.45, 7) is 30.8. The first-order chi connectivity index (χ1) is 9.46. The van der Waals surface area contributed by atoms with Gasteiger partial charge in [-0.05, 0) is 0 Å². The van der Waals surface area contributed by atoms with E-state index in [0.29, 0.717) is 13.4 Å². The summed E-state index contributed by atoms with van der Waals surface area (Å²) >= 11 is -5.14. The Labute approximate surface area is 143 Å². The maximum absolute atomic E-state index is 2.82. The van der Waals surface area contributed by atoms with E-state index in [2.05, 4.69) is 103 Å². The molecule has 0 saturated carbocycles. The van der Waals surface area contributed by atoms with Crippen molar-refractivity contribution in [2.45, 2.75) is 96.5 Å². The van der Waals surface area contributed by atoms with Crippen LogP contribution in [-0.2, 0) is 0 Å². The molecule has 1 heterocycles. The van der Waals surface area contributed by atoms with E-state index in [1.165, 1.54) is 0 Å². The van der Waals surface area contributed by atoms with Crippen LogP contribution < -0.4 is 0 Å². The van der Waals surface area contributed by atoms with Gasteiger partial charge in [0.25, 0.3) is 0 Å². The fourth-order valence-corrected chi connectivity index (χ4v) is 119. The third kappa shape index (κ3) is 2.81. The SMILES string of the molecule is C[C](C)(C)[Sb]1([C](C)(C)C)=[Sb]([C](C)(C)C)([C](C)(C)C)[CH]=CC=[CH]1. The summed E-state index contributed by atoms with van der Waals surface area (Å²) in [6, 6.07) is 0. The Bertz CT molecular complexity index is 471. The predicted molar refractivity (Wildman–Crippen MR) is 109 cm³/mol. The molecule has 0 aromatic carbocycles. The van der Waals surface area contributed by atoms with Crippen molar-refractivity contribution in [1.29, 1.82) is 0 Å². The molecule has 1 aliphatic rings. The Balaban J connectivity index is 4.44. The minimum absolute atomic E-state index is 0.449. The van der Waals surface area contributed by atoms with Crippen molar-refractivity contribution in [1.82, 2.24) is 0 Å². The number of hydrogen-bond acceptors (Lipinski definition) is 0. The van der Waals surface area contributed by atoms with E-state index in [1.54, 1.807) is 0 Å². The topological polar surface area (TPSA) is 0 Å². The minimum atomic E-state index is -2.57. The van der Waals surface area contributed by atoms with Crippen LogP contribution in [0.5, 0.6) is 0 Å². The van der Waals surface area contributed by atoms with E-state index in [1.807, 2.05) is 0 Å². The number of hydrogen-bond donors (Lipinski definition) is 0. The second-order valence-corrected chi connectivity index (χ2v) is 59.7. The Kier molecular flexibility index (Phi) is 5.61. The predicted octanol–water partition coefficient (Wildman–Crippen LogP) is 7.37. The van der Waals surface area contributed by atoms with Gasteiger partial charge in [0.1, 0.15) is 0 Å². The van der Waals surface area contributed by atoms with Crippen molar-refractivity contribution < 1.29 is 0 Å². The van der Waals surface area contributed by atoms with Gasteiger partial charge in [0.05, 0.1) is 0 Å². The zero-order valence-corrected chi connectivity index (χ0v) is 22.3. The third-order valence-electron chi connectivity index (χ3n) is 5.30. The van der Waals surface area contributed by atoms with Gasteiger partial charge in [-0.25, -0.2) is 0 Å². The third-order valence-corrected chi connectivity index (χ3v) is 105. The first-order valence-electron chi connectivity index (χ1n) is 8.61. The van der Waals surface area contributed by atoms with Crippen molar-refractivity contribution in [3.05, 3.63) is 20.2 Å². The molecular weight excluding hydrogens is 484 g/mol. The molecule has 1 rings (SSSR count). The zero-order valence-electron chi connectivity index (χ0n) is 17.2. The molecule has 0 amide bonds. The molecule has 0 aromatic rings. The average molecular weight is 524 g/mol. The number of allylic oxidation sites excluding steroid dienone is 2. The molecule has 1 aliphatic heterocycles. The molecule has 0 spiro atoms. The first kappa shape index (κ1) is 21.2. The molecular formula is C20H40Sb2. The second-order valence-electron chi connectivity index (χ2n) is 10.7. The van der Waals surface area contributed by atoms with E-state index in [-0.39, 0.29) is 0 Å². The molecule has 0 aromatic heterocycles. The Morgan fingerprint density at radius 3 is 0.727 bits per heavy atom. The molecule has 0 N–H and O–H groups in total. The van der Waals surface area contributed by atoms with E-state index < -0.39 is 28.1 Å². The Morgan fingerprint density at radius 1 is 0.409 bits per heavy atom. The summed E-state index contributed by atoms with van der Waals surface area (Å²) in [5.41, 5.74) is 0. The molecule has 0 saturated heterocycles. The van der Waals surface area contributed by atoms with Crippen LogP contribution in [0.3, 0.4) is 0 Å². The van der Waals surface area contributed by atoms with Crippen molar-refractivity contribution in [3.8, 4) is 0 Å². The van der Waals surface area contributed by atoms with Crippen molar-refractivity contribution in [3.63, 3.8) is 0 Å². The fourth-order valence-electron chi connectivity index (χ4n) is 5.36. The quantitative estimate of drug-likeness (QED) is 0.291. The molecule has 0 atom stereocenters. The van der Waals surface area contributed by atoms with Gasteiger partial charge in [-0.2, -0.15) is 0 Å². The summed E-state index contributed by atoms with van der Waals surface area (Å²) in [7, 11) is 0. The van der Waals surface area contributed by atoms with Crippen LogP contribution in [0.15, 0.2) is 20.2 Å². The zero-order chi connectivity index (χ0) is 17.8. The van der Waals surface area contributed by atoms with Crippen molar-refractivity contribution in [2.24, 2.45) is 0 Å². The average Bonchev–Trinajstić information content (AvgIpc) is 2.22. The fraction of sp³-hybridized carbons (Fsp3) is 0.800. The van der Waals surface area contributed by atoms with Crippen molar-refractivity contribution >= 4 is 28.1 Å². The molecule has 0 nitrogen and oxygen atoms in total. The molecule has 130 valence electrons. The van der Waals surface area contributed by atoms with Gasteiger partial charge in [-0.3, -0.25) is 0 Å². The Hall–Kier alpha value is 1.12. The van der Waals surface area contributed by atoms with Gasteiger partial charge < -0.3 is 0 Å². The van der Waals surface area contributed by atoms with Gasteiger partial charge in [-0.15, -0.1) is 0 Å². The molecule has 0 fully saturated rings. The van der Waals surface area contributed by atoms with Gasteiger partial charge in [-0.1, -0.05) is 0 Å². The summed E-state index contributed by atoms with van der Waals surface area (Å²) in [5, 5.41) is 0. The van der Waals surface area contributed by atoms with Gasteiger partial charge in [0.2, 0.25) is 0 Å². The maximum atomic E-state index is 2.82. The molecule has 2 heteroatoms. The van der Waals surface area contributed by atoms with E-state index >= 15 is 0 Å². The van der Waals surface area contributed by atoms with Crippen LogP contribution in [0, 0.1) is 0 Å². The molecule has 0 radical (unpaired) electrons. The monoisotopic (exact) mass is 522 g/mol. The summed E-state index contributed by atoms with van der Waals surface area (Å²) < 4.78 is 7.44. The van der Waals surface area contributed by atoms with Crippen LogP contribution in [0.2, 0.25) is 13.4 Å². The summed E-state index contributed by atoms with van der Waals surface area (Å²) in [5.74, 6) is 0. The summed E-state index contributed by atoms with van der Waals surface area (Å²) in [6.07, 6.45) is 4.85. The van der Waals surface area contributed by atoms with Crippen molar-refractivity contribution in [2.75, 3.05) is 0 Å². The number of rotatable bonds is 0. The van der Waals surface area contributed by atoms with Gasteiger partial charge in [0.15, 0.2) is 0 Å². The van der Waals surface area contributed by atoms with E-state index in [9.17, 15) is 0 Å². The first-order valence-corrected chi connectivity index (χ1v) is 25.5. The van der Waals surface area contributed by atoms with E-state index in [0.717, 1.165) is 0 Å². The molecule has 0 aliphatic carbocycles. The normalized spacial score (nSPS) is 22.0. The van der Waals surface area contributed by atoms with E-state index in [4.69, 9.17) is 0 Å². The summed E-state index contributed by atoms with van der Waals surface area (Å²) in [4.78, 5) is 0. The van der Waals surface area contributed by atoms with Gasteiger partial charge in [0, 0.05) is 0 Å². The van der Waals surface area contributed by atoms with Gasteiger partial charge >= 0.3 is 145 Å². The van der Waals surface area contributed by atoms with Crippen LogP contribution in [0.1, 0.15) is 83.1 Å². The van der Waals surface area contributed by atoms with Crippen LogP contribution in [0.25, 0.3) is 0 Å². The van der Waals surface area contributed by atoms with Crippen LogP contribution >= 0.6 is 0 Å². The molecule has 22 heavy (non-hydrogen) atoms. The van der Waals surface area contributed by atoms with Crippen LogP contribution in [0.4, 0.5) is 0 Å². The van der Waals surface area contributed by atoms with Crippen LogP contribution in [-0.4, -0.2) is 28.1 Å².